The third kappa shape index (κ3) is 3.24. The van der Waals surface area contributed by atoms with Crippen LogP contribution in [-0.2, 0) is 6.54 Å². The summed E-state index contributed by atoms with van der Waals surface area (Å²) in [6.45, 7) is 0.133. The fourth-order valence-electron chi connectivity index (χ4n) is 3.89. The SMILES string of the molecule is O=c1c2c(-c3noc(-c4ccc(F)cc4)n3)ncn2c2ccc(F)cc2n1Cc1ccccn1. The number of halogens is 2. The molecule has 166 valence electrons. The highest BCUT2D eigenvalue weighted by Gasteiger charge is 2.21. The lowest BCUT2D eigenvalue weighted by atomic mass is 10.2. The second kappa shape index (κ2) is 7.69. The van der Waals surface area contributed by atoms with E-state index in [-0.39, 0.29) is 35.3 Å². The lowest BCUT2D eigenvalue weighted by Crippen LogP contribution is -2.24. The first-order chi connectivity index (χ1) is 16.6. The maximum atomic E-state index is 14.1. The van der Waals surface area contributed by atoms with Gasteiger partial charge in [-0.2, -0.15) is 4.98 Å². The Morgan fingerprint density at radius 1 is 0.912 bits per heavy atom. The van der Waals surface area contributed by atoms with Crippen molar-refractivity contribution in [1.29, 1.82) is 0 Å². The molecule has 0 amide bonds. The average molecular weight is 456 g/mol. The molecule has 0 spiro atoms. The van der Waals surface area contributed by atoms with Gasteiger partial charge < -0.3 is 4.52 Å². The summed E-state index contributed by atoms with van der Waals surface area (Å²) in [5.74, 6) is -0.596. The zero-order valence-corrected chi connectivity index (χ0v) is 17.4. The van der Waals surface area contributed by atoms with E-state index in [2.05, 4.69) is 20.1 Å². The van der Waals surface area contributed by atoms with Crippen molar-refractivity contribution < 1.29 is 13.3 Å². The standard InChI is InChI=1S/C24H14F2N6O2/c25-15-6-4-14(5-7-15)23-29-22(30-34-23)20-21-24(33)31(12-17-3-1-2-10-27-17)19-11-16(26)8-9-18(19)32(21)13-28-20/h1-11,13H,12H2. The highest BCUT2D eigenvalue weighted by Crippen LogP contribution is 2.26. The maximum absolute atomic E-state index is 14.1. The molecular formula is C24H14F2N6O2. The highest BCUT2D eigenvalue weighted by molar-refractivity contribution is 5.84. The summed E-state index contributed by atoms with van der Waals surface area (Å²) in [6, 6.07) is 15.2. The molecule has 2 aromatic carbocycles. The monoisotopic (exact) mass is 456 g/mol. The van der Waals surface area contributed by atoms with E-state index >= 15 is 0 Å². The second-order valence-electron chi connectivity index (χ2n) is 7.59. The van der Waals surface area contributed by atoms with Crippen LogP contribution in [0.1, 0.15) is 5.69 Å². The van der Waals surface area contributed by atoms with E-state index in [1.165, 1.54) is 47.3 Å². The molecule has 0 aliphatic heterocycles. The highest BCUT2D eigenvalue weighted by atomic mass is 19.1. The molecule has 6 aromatic rings. The predicted molar refractivity (Wildman–Crippen MR) is 119 cm³/mol. The van der Waals surface area contributed by atoms with Crippen LogP contribution < -0.4 is 5.56 Å². The van der Waals surface area contributed by atoms with Crippen molar-refractivity contribution in [3.05, 3.63) is 101 Å². The van der Waals surface area contributed by atoms with Gasteiger partial charge in [0.25, 0.3) is 11.4 Å². The summed E-state index contributed by atoms with van der Waals surface area (Å²) in [7, 11) is 0. The smallest absolute Gasteiger partial charge is 0.278 e. The first kappa shape index (κ1) is 19.9. The third-order valence-electron chi connectivity index (χ3n) is 5.48. The molecule has 34 heavy (non-hydrogen) atoms. The molecular weight excluding hydrogens is 442 g/mol. The Bertz CT molecular complexity index is 1720. The summed E-state index contributed by atoms with van der Waals surface area (Å²) >= 11 is 0. The normalized spacial score (nSPS) is 11.5. The molecule has 0 unspecified atom stereocenters. The Labute approximate surface area is 189 Å². The van der Waals surface area contributed by atoms with Crippen molar-refractivity contribution in [1.82, 2.24) is 29.1 Å². The number of rotatable bonds is 4. The van der Waals surface area contributed by atoms with Gasteiger partial charge in [0, 0.05) is 11.8 Å². The zero-order valence-electron chi connectivity index (χ0n) is 17.4. The van der Waals surface area contributed by atoms with Crippen molar-refractivity contribution in [2.75, 3.05) is 0 Å². The minimum absolute atomic E-state index is 0.102. The van der Waals surface area contributed by atoms with E-state index in [0.717, 1.165) is 0 Å². The number of aromatic nitrogens is 6. The number of hydrogen-bond donors (Lipinski definition) is 0. The van der Waals surface area contributed by atoms with Gasteiger partial charge >= 0.3 is 0 Å². The van der Waals surface area contributed by atoms with Crippen molar-refractivity contribution in [2.45, 2.75) is 6.54 Å². The van der Waals surface area contributed by atoms with Crippen molar-refractivity contribution in [2.24, 2.45) is 0 Å². The van der Waals surface area contributed by atoms with Crippen LogP contribution in [-0.4, -0.2) is 29.1 Å². The van der Waals surface area contributed by atoms with Crippen LogP contribution in [0.3, 0.4) is 0 Å². The molecule has 4 aromatic heterocycles. The van der Waals surface area contributed by atoms with Crippen LogP contribution in [0.4, 0.5) is 8.78 Å². The average Bonchev–Trinajstić information content (AvgIpc) is 3.51. The Hall–Kier alpha value is -4.73. The van der Waals surface area contributed by atoms with Gasteiger partial charge in [0.15, 0.2) is 0 Å². The van der Waals surface area contributed by atoms with Gasteiger partial charge in [0.1, 0.15) is 29.2 Å². The van der Waals surface area contributed by atoms with Crippen LogP contribution in [0, 0.1) is 11.6 Å². The molecule has 10 heteroatoms. The molecule has 8 nitrogen and oxygen atoms in total. The topological polar surface area (TPSA) is 91.1 Å². The first-order valence-corrected chi connectivity index (χ1v) is 10.3. The maximum Gasteiger partial charge on any atom is 0.278 e. The molecule has 0 saturated heterocycles. The Balaban J connectivity index is 1.56. The predicted octanol–water partition coefficient (Wildman–Crippen LogP) is 4.09. The Kier molecular flexibility index (Phi) is 4.51. The molecule has 0 aliphatic carbocycles. The fraction of sp³-hybridized carbons (Fsp3) is 0.0417. The number of pyridine rings is 1. The van der Waals surface area contributed by atoms with Gasteiger partial charge in [-0.05, 0) is 54.6 Å². The number of hydrogen-bond acceptors (Lipinski definition) is 6. The molecule has 0 bridgehead atoms. The lowest BCUT2D eigenvalue weighted by Gasteiger charge is -2.12. The fourth-order valence-corrected chi connectivity index (χ4v) is 3.89. The molecule has 4 heterocycles. The van der Waals surface area contributed by atoms with Crippen molar-refractivity contribution >= 4 is 16.6 Å². The van der Waals surface area contributed by atoms with E-state index in [0.29, 0.717) is 22.3 Å². The minimum atomic E-state index is -0.469. The first-order valence-electron chi connectivity index (χ1n) is 10.3. The largest absolute Gasteiger partial charge is 0.334 e. The molecule has 0 aliphatic rings. The van der Waals surface area contributed by atoms with E-state index in [1.807, 2.05) is 6.07 Å². The summed E-state index contributed by atoms with van der Waals surface area (Å²) in [6.07, 6.45) is 3.09. The number of nitrogens with zero attached hydrogens (tertiary/aromatic N) is 6. The molecule has 6 rings (SSSR count). The van der Waals surface area contributed by atoms with E-state index in [4.69, 9.17) is 4.52 Å². The number of imidazole rings is 1. The van der Waals surface area contributed by atoms with E-state index in [1.54, 1.807) is 28.8 Å². The molecule has 0 N–H and O–H groups in total. The molecule has 0 fully saturated rings. The van der Waals surface area contributed by atoms with Gasteiger partial charge in [-0.15, -0.1) is 0 Å². The second-order valence-corrected chi connectivity index (χ2v) is 7.59. The van der Waals surface area contributed by atoms with Crippen LogP contribution in [0.15, 0.2) is 82.5 Å². The van der Waals surface area contributed by atoms with Crippen LogP contribution in [0.5, 0.6) is 0 Å². The number of fused-ring (bicyclic) bond motifs is 3. The molecule has 0 atom stereocenters. The van der Waals surface area contributed by atoms with Gasteiger partial charge in [-0.3, -0.25) is 18.7 Å². The zero-order chi connectivity index (χ0) is 23.2. The summed E-state index contributed by atoms with van der Waals surface area (Å²) in [4.78, 5) is 26.7. The quantitative estimate of drug-likeness (QED) is 0.397. The van der Waals surface area contributed by atoms with E-state index in [9.17, 15) is 13.6 Å². The lowest BCUT2D eigenvalue weighted by molar-refractivity contribution is 0.432. The van der Waals surface area contributed by atoms with Gasteiger partial charge in [0.05, 0.1) is 23.3 Å². The summed E-state index contributed by atoms with van der Waals surface area (Å²) in [5.41, 5.74) is 2.14. The molecule has 0 radical (unpaired) electrons. The van der Waals surface area contributed by atoms with Crippen LogP contribution >= 0.6 is 0 Å². The summed E-state index contributed by atoms with van der Waals surface area (Å²) in [5, 5.41) is 3.98. The van der Waals surface area contributed by atoms with Crippen LogP contribution in [0.2, 0.25) is 0 Å². The molecule has 0 saturated carbocycles. The van der Waals surface area contributed by atoms with Crippen molar-refractivity contribution in [3.8, 4) is 23.0 Å². The summed E-state index contributed by atoms with van der Waals surface area (Å²) < 4.78 is 35.7. The van der Waals surface area contributed by atoms with E-state index < -0.39 is 11.4 Å². The Morgan fingerprint density at radius 3 is 2.53 bits per heavy atom. The third-order valence-corrected chi connectivity index (χ3v) is 5.48. The van der Waals surface area contributed by atoms with Crippen LogP contribution in [0.25, 0.3) is 39.5 Å². The minimum Gasteiger partial charge on any atom is -0.334 e. The van der Waals surface area contributed by atoms with Gasteiger partial charge in [0.2, 0.25) is 5.82 Å². The van der Waals surface area contributed by atoms with Crippen molar-refractivity contribution in [3.63, 3.8) is 0 Å². The Morgan fingerprint density at radius 2 is 1.74 bits per heavy atom. The number of benzene rings is 2. The van der Waals surface area contributed by atoms with Gasteiger partial charge in [-0.25, -0.2) is 13.8 Å². The van der Waals surface area contributed by atoms with Gasteiger partial charge in [-0.1, -0.05) is 11.2 Å².